The van der Waals surface area contributed by atoms with Crippen molar-refractivity contribution >= 4 is 5.78 Å². The number of carbonyl (C=O) groups is 1. The Bertz CT molecular complexity index is 468. The SMILES string of the molecule is C/C=C/C1=CC(=O)C[C@H](c2ccc(F)cc2)C1. The van der Waals surface area contributed by atoms with Gasteiger partial charge in [0.05, 0.1) is 0 Å². The molecule has 0 aromatic heterocycles. The van der Waals surface area contributed by atoms with Gasteiger partial charge in [0.2, 0.25) is 0 Å². The lowest BCUT2D eigenvalue weighted by atomic mass is 9.83. The molecule has 0 amide bonds. The van der Waals surface area contributed by atoms with E-state index in [0.29, 0.717) is 6.42 Å². The molecule has 1 atom stereocenters. The van der Waals surface area contributed by atoms with Crippen LogP contribution in [-0.4, -0.2) is 5.78 Å². The third-order valence-corrected chi connectivity index (χ3v) is 3.00. The van der Waals surface area contributed by atoms with E-state index in [9.17, 15) is 9.18 Å². The highest BCUT2D eigenvalue weighted by Gasteiger charge is 2.20. The van der Waals surface area contributed by atoms with E-state index in [2.05, 4.69) is 0 Å². The molecule has 1 aromatic rings. The van der Waals surface area contributed by atoms with E-state index in [-0.39, 0.29) is 17.5 Å². The summed E-state index contributed by atoms with van der Waals surface area (Å²) in [5.74, 6) is 0.0954. The molecule has 88 valence electrons. The first-order valence-electron chi connectivity index (χ1n) is 5.80. The molecule has 2 rings (SSSR count). The van der Waals surface area contributed by atoms with Gasteiger partial charge in [-0.1, -0.05) is 24.3 Å². The molecular formula is C15H15FO. The largest absolute Gasteiger partial charge is 0.295 e. The number of hydrogen-bond acceptors (Lipinski definition) is 1. The summed E-state index contributed by atoms with van der Waals surface area (Å²) in [6, 6.07) is 6.44. The average Bonchev–Trinajstić information content (AvgIpc) is 2.29. The van der Waals surface area contributed by atoms with Crippen molar-refractivity contribution in [2.45, 2.75) is 25.7 Å². The highest BCUT2D eigenvalue weighted by atomic mass is 19.1. The van der Waals surface area contributed by atoms with E-state index in [1.165, 1.54) is 12.1 Å². The summed E-state index contributed by atoms with van der Waals surface area (Å²) < 4.78 is 12.8. The Balaban J connectivity index is 2.21. The molecular weight excluding hydrogens is 215 g/mol. The number of hydrogen-bond donors (Lipinski definition) is 0. The smallest absolute Gasteiger partial charge is 0.156 e. The van der Waals surface area contributed by atoms with Crippen LogP contribution in [0, 0.1) is 5.82 Å². The number of benzene rings is 1. The van der Waals surface area contributed by atoms with Crippen molar-refractivity contribution in [2.24, 2.45) is 0 Å². The summed E-state index contributed by atoms with van der Waals surface area (Å²) >= 11 is 0. The van der Waals surface area contributed by atoms with Gasteiger partial charge in [-0.3, -0.25) is 4.79 Å². The summed E-state index contributed by atoms with van der Waals surface area (Å²) in [7, 11) is 0. The van der Waals surface area contributed by atoms with Gasteiger partial charge in [-0.05, 0) is 48.6 Å². The molecule has 0 fully saturated rings. The Morgan fingerprint density at radius 3 is 2.59 bits per heavy atom. The van der Waals surface area contributed by atoms with Crippen LogP contribution in [0.5, 0.6) is 0 Å². The predicted molar refractivity (Wildman–Crippen MR) is 66.3 cm³/mol. The molecule has 1 nitrogen and oxygen atoms in total. The first kappa shape index (κ1) is 11.8. The van der Waals surface area contributed by atoms with E-state index in [4.69, 9.17) is 0 Å². The highest BCUT2D eigenvalue weighted by molar-refractivity contribution is 5.92. The standard InChI is InChI=1S/C15H15FO/c1-2-3-11-8-13(10-15(17)9-11)12-4-6-14(16)7-5-12/h2-7,9,13H,8,10H2,1H3/b3-2+/t13-/m1/s1. The summed E-state index contributed by atoms with van der Waals surface area (Å²) in [6.45, 7) is 1.94. The zero-order chi connectivity index (χ0) is 12.3. The molecule has 1 aliphatic carbocycles. The minimum Gasteiger partial charge on any atom is -0.295 e. The Morgan fingerprint density at radius 1 is 1.24 bits per heavy atom. The first-order chi connectivity index (χ1) is 8.19. The topological polar surface area (TPSA) is 17.1 Å². The van der Waals surface area contributed by atoms with Gasteiger partial charge in [-0.25, -0.2) is 4.39 Å². The van der Waals surface area contributed by atoms with E-state index in [1.807, 2.05) is 19.1 Å². The van der Waals surface area contributed by atoms with E-state index >= 15 is 0 Å². The van der Waals surface area contributed by atoms with Gasteiger partial charge in [-0.2, -0.15) is 0 Å². The Labute approximate surface area is 101 Å². The zero-order valence-electron chi connectivity index (χ0n) is 9.82. The highest BCUT2D eigenvalue weighted by Crippen LogP contribution is 2.31. The zero-order valence-corrected chi connectivity index (χ0v) is 9.82. The van der Waals surface area contributed by atoms with Crippen LogP contribution in [0.1, 0.15) is 31.2 Å². The van der Waals surface area contributed by atoms with Crippen LogP contribution in [0.2, 0.25) is 0 Å². The van der Waals surface area contributed by atoms with Crippen molar-refractivity contribution in [1.82, 2.24) is 0 Å². The fourth-order valence-corrected chi connectivity index (χ4v) is 2.23. The molecule has 0 saturated heterocycles. The lowest BCUT2D eigenvalue weighted by Gasteiger charge is -2.20. The third-order valence-electron chi connectivity index (χ3n) is 3.00. The monoisotopic (exact) mass is 230 g/mol. The minimum absolute atomic E-state index is 0.152. The van der Waals surface area contributed by atoms with Crippen molar-refractivity contribution in [3.63, 3.8) is 0 Å². The molecule has 0 N–H and O–H groups in total. The Hall–Kier alpha value is -1.70. The van der Waals surface area contributed by atoms with Gasteiger partial charge < -0.3 is 0 Å². The molecule has 0 bridgehead atoms. The number of ketones is 1. The van der Waals surface area contributed by atoms with Gasteiger partial charge in [0, 0.05) is 6.42 Å². The van der Waals surface area contributed by atoms with Crippen LogP contribution in [0.25, 0.3) is 0 Å². The van der Waals surface area contributed by atoms with Crippen LogP contribution in [0.15, 0.2) is 48.1 Å². The van der Waals surface area contributed by atoms with Gasteiger partial charge in [-0.15, -0.1) is 0 Å². The minimum atomic E-state index is -0.236. The predicted octanol–water partition coefficient (Wildman–Crippen LogP) is 3.77. The lowest BCUT2D eigenvalue weighted by Crippen LogP contribution is -2.12. The first-order valence-corrected chi connectivity index (χ1v) is 5.80. The molecule has 17 heavy (non-hydrogen) atoms. The maximum Gasteiger partial charge on any atom is 0.156 e. The van der Waals surface area contributed by atoms with Crippen molar-refractivity contribution in [3.8, 4) is 0 Å². The number of allylic oxidation sites excluding steroid dienone is 4. The van der Waals surface area contributed by atoms with E-state index in [1.54, 1.807) is 18.2 Å². The molecule has 0 aliphatic heterocycles. The molecule has 0 spiro atoms. The molecule has 0 saturated carbocycles. The van der Waals surface area contributed by atoms with Gasteiger partial charge >= 0.3 is 0 Å². The van der Waals surface area contributed by atoms with Gasteiger partial charge in [0.25, 0.3) is 0 Å². The van der Waals surface area contributed by atoms with Crippen molar-refractivity contribution in [2.75, 3.05) is 0 Å². The van der Waals surface area contributed by atoms with Crippen molar-refractivity contribution in [1.29, 1.82) is 0 Å². The summed E-state index contributed by atoms with van der Waals surface area (Å²) in [5.41, 5.74) is 2.09. The second kappa shape index (κ2) is 5.09. The van der Waals surface area contributed by atoms with Crippen LogP contribution >= 0.6 is 0 Å². The van der Waals surface area contributed by atoms with Crippen LogP contribution in [0.4, 0.5) is 4.39 Å². The summed E-state index contributed by atoms with van der Waals surface area (Å²) in [6.07, 6.45) is 6.98. The van der Waals surface area contributed by atoms with Crippen LogP contribution < -0.4 is 0 Å². The van der Waals surface area contributed by atoms with E-state index < -0.39 is 0 Å². The van der Waals surface area contributed by atoms with Gasteiger partial charge in [0.1, 0.15) is 5.82 Å². The Morgan fingerprint density at radius 2 is 1.94 bits per heavy atom. The maximum absolute atomic E-state index is 12.8. The second-order valence-electron chi connectivity index (χ2n) is 4.34. The molecule has 1 aromatic carbocycles. The molecule has 1 aliphatic rings. The molecule has 2 heteroatoms. The second-order valence-corrected chi connectivity index (χ2v) is 4.34. The summed E-state index contributed by atoms with van der Waals surface area (Å²) in [5, 5.41) is 0. The van der Waals surface area contributed by atoms with E-state index in [0.717, 1.165) is 17.6 Å². The summed E-state index contributed by atoms with van der Waals surface area (Å²) in [4.78, 5) is 11.6. The van der Waals surface area contributed by atoms with Crippen LogP contribution in [-0.2, 0) is 4.79 Å². The quantitative estimate of drug-likeness (QED) is 0.755. The van der Waals surface area contributed by atoms with Crippen LogP contribution in [0.3, 0.4) is 0 Å². The Kier molecular flexibility index (Phi) is 3.52. The molecule has 0 heterocycles. The third kappa shape index (κ3) is 2.90. The fraction of sp³-hybridized carbons (Fsp3) is 0.267. The number of halogens is 1. The van der Waals surface area contributed by atoms with Crippen molar-refractivity contribution < 1.29 is 9.18 Å². The normalized spacial score (nSPS) is 20.7. The maximum atomic E-state index is 12.8. The molecule has 0 radical (unpaired) electrons. The average molecular weight is 230 g/mol. The fourth-order valence-electron chi connectivity index (χ4n) is 2.23. The number of carbonyl (C=O) groups excluding carboxylic acids is 1. The van der Waals surface area contributed by atoms with Gasteiger partial charge in [0.15, 0.2) is 5.78 Å². The number of rotatable bonds is 2. The lowest BCUT2D eigenvalue weighted by molar-refractivity contribution is -0.115. The molecule has 0 unspecified atom stereocenters. The van der Waals surface area contributed by atoms with Crippen molar-refractivity contribution in [3.05, 3.63) is 59.4 Å².